The number of hydrogen-bond donors (Lipinski definition) is 0. The Hall–Kier alpha value is -2.93. The number of ether oxygens (including phenoxy) is 1. The monoisotopic (exact) mass is 386 g/mol. The van der Waals surface area contributed by atoms with Gasteiger partial charge in [-0.3, -0.25) is 9.29 Å². The summed E-state index contributed by atoms with van der Waals surface area (Å²) >= 11 is 0. The fourth-order valence-corrected chi connectivity index (χ4v) is 4.40. The Labute approximate surface area is 158 Å². The van der Waals surface area contributed by atoms with E-state index in [1.165, 1.54) is 25.3 Å². The SMILES string of the molecule is COc1ccc(C)cc1S(=O)(=O)N(Cc1cccnc1)c1cccc(F)c1. The lowest BCUT2D eigenvalue weighted by Crippen LogP contribution is -2.31. The molecule has 3 aromatic rings. The van der Waals surface area contributed by atoms with Gasteiger partial charge in [-0.25, -0.2) is 12.8 Å². The van der Waals surface area contributed by atoms with E-state index in [0.717, 1.165) is 9.87 Å². The molecule has 140 valence electrons. The highest BCUT2D eigenvalue weighted by atomic mass is 32.2. The largest absolute Gasteiger partial charge is 0.495 e. The second kappa shape index (κ2) is 7.75. The van der Waals surface area contributed by atoms with Crippen molar-refractivity contribution in [3.63, 3.8) is 0 Å². The molecule has 0 aliphatic rings. The zero-order valence-electron chi connectivity index (χ0n) is 15.0. The number of pyridine rings is 1. The number of benzene rings is 2. The first-order chi connectivity index (χ1) is 12.9. The van der Waals surface area contributed by atoms with Gasteiger partial charge in [-0.15, -0.1) is 0 Å². The van der Waals surface area contributed by atoms with Crippen molar-refractivity contribution in [2.45, 2.75) is 18.4 Å². The van der Waals surface area contributed by atoms with E-state index in [1.807, 2.05) is 0 Å². The van der Waals surface area contributed by atoms with Crippen molar-refractivity contribution in [3.8, 4) is 5.75 Å². The Morgan fingerprint density at radius 1 is 1.11 bits per heavy atom. The van der Waals surface area contributed by atoms with E-state index < -0.39 is 15.8 Å². The number of nitrogens with zero attached hydrogens (tertiary/aromatic N) is 2. The summed E-state index contributed by atoms with van der Waals surface area (Å²) in [6.07, 6.45) is 3.18. The normalized spacial score (nSPS) is 11.2. The fraction of sp³-hybridized carbons (Fsp3) is 0.150. The van der Waals surface area contributed by atoms with E-state index in [9.17, 15) is 12.8 Å². The third kappa shape index (κ3) is 4.09. The number of halogens is 1. The minimum Gasteiger partial charge on any atom is -0.495 e. The standard InChI is InChI=1S/C20H19FN2O3S/c1-15-8-9-19(26-2)20(11-15)27(24,25)23(14-16-5-4-10-22-13-16)18-7-3-6-17(21)12-18/h3-13H,14H2,1-2H3. The van der Waals surface area contributed by atoms with Gasteiger partial charge in [-0.05, 0) is 54.4 Å². The van der Waals surface area contributed by atoms with Crippen molar-refractivity contribution in [1.29, 1.82) is 0 Å². The van der Waals surface area contributed by atoms with Crippen molar-refractivity contribution >= 4 is 15.7 Å². The van der Waals surface area contributed by atoms with E-state index in [0.29, 0.717) is 5.56 Å². The zero-order valence-corrected chi connectivity index (χ0v) is 15.8. The molecule has 7 heteroatoms. The summed E-state index contributed by atoms with van der Waals surface area (Å²) in [6.45, 7) is 1.81. The Balaban J connectivity index is 2.16. The highest BCUT2D eigenvalue weighted by molar-refractivity contribution is 7.92. The smallest absolute Gasteiger partial charge is 0.268 e. The van der Waals surface area contributed by atoms with Crippen molar-refractivity contribution in [1.82, 2.24) is 4.98 Å². The quantitative estimate of drug-likeness (QED) is 0.644. The van der Waals surface area contributed by atoms with Crippen LogP contribution in [-0.2, 0) is 16.6 Å². The second-order valence-electron chi connectivity index (χ2n) is 6.01. The molecule has 5 nitrogen and oxygen atoms in total. The number of aryl methyl sites for hydroxylation is 1. The van der Waals surface area contributed by atoms with E-state index in [1.54, 1.807) is 55.7 Å². The summed E-state index contributed by atoms with van der Waals surface area (Å²) in [5.74, 6) is -0.289. The maximum atomic E-state index is 13.8. The highest BCUT2D eigenvalue weighted by Gasteiger charge is 2.29. The van der Waals surface area contributed by atoms with Crippen LogP contribution in [0.4, 0.5) is 10.1 Å². The molecule has 1 heterocycles. The molecule has 0 spiro atoms. The van der Waals surface area contributed by atoms with Crippen LogP contribution in [-0.4, -0.2) is 20.5 Å². The number of hydrogen-bond acceptors (Lipinski definition) is 4. The zero-order chi connectivity index (χ0) is 19.4. The molecule has 0 radical (unpaired) electrons. The highest BCUT2D eigenvalue weighted by Crippen LogP contribution is 2.32. The molecule has 0 aliphatic heterocycles. The lowest BCUT2D eigenvalue weighted by atomic mass is 10.2. The van der Waals surface area contributed by atoms with Crippen molar-refractivity contribution in [2.75, 3.05) is 11.4 Å². The number of anilines is 1. The van der Waals surface area contributed by atoms with E-state index >= 15 is 0 Å². The van der Waals surface area contributed by atoms with E-state index in [-0.39, 0.29) is 22.9 Å². The van der Waals surface area contributed by atoms with Crippen LogP contribution in [0.5, 0.6) is 5.75 Å². The first-order valence-corrected chi connectivity index (χ1v) is 9.67. The van der Waals surface area contributed by atoms with Gasteiger partial charge in [-0.1, -0.05) is 18.2 Å². The molecule has 0 aliphatic carbocycles. The van der Waals surface area contributed by atoms with Crippen LogP contribution in [0, 0.1) is 12.7 Å². The van der Waals surface area contributed by atoms with Gasteiger partial charge in [0, 0.05) is 12.4 Å². The van der Waals surface area contributed by atoms with Crippen LogP contribution in [0.2, 0.25) is 0 Å². The predicted molar refractivity (Wildman–Crippen MR) is 102 cm³/mol. The average molecular weight is 386 g/mol. The Kier molecular flexibility index (Phi) is 5.41. The molecule has 0 atom stereocenters. The van der Waals surface area contributed by atoms with Gasteiger partial charge < -0.3 is 4.74 Å². The minimum atomic E-state index is -4.02. The lowest BCUT2D eigenvalue weighted by Gasteiger charge is -2.25. The summed E-state index contributed by atoms with van der Waals surface area (Å²) in [7, 11) is -2.61. The molecule has 2 aromatic carbocycles. The maximum Gasteiger partial charge on any atom is 0.268 e. The molecular weight excluding hydrogens is 367 g/mol. The molecule has 0 saturated heterocycles. The minimum absolute atomic E-state index is 0.0106. The van der Waals surface area contributed by atoms with Crippen LogP contribution in [0.25, 0.3) is 0 Å². The molecule has 0 N–H and O–H groups in total. The van der Waals surface area contributed by atoms with Gasteiger partial charge in [0.15, 0.2) is 0 Å². The Morgan fingerprint density at radius 3 is 2.59 bits per heavy atom. The molecule has 0 fully saturated rings. The summed E-state index contributed by atoms with van der Waals surface area (Å²) in [5.41, 5.74) is 1.68. The molecule has 0 bridgehead atoms. The second-order valence-corrected chi connectivity index (χ2v) is 7.84. The summed E-state index contributed by atoms with van der Waals surface area (Å²) in [5, 5.41) is 0. The third-order valence-electron chi connectivity index (χ3n) is 4.03. The van der Waals surface area contributed by atoms with Crippen LogP contribution >= 0.6 is 0 Å². The third-order valence-corrected chi connectivity index (χ3v) is 5.83. The molecule has 3 rings (SSSR count). The fourth-order valence-electron chi connectivity index (χ4n) is 2.71. The van der Waals surface area contributed by atoms with Crippen molar-refractivity contribution < 1.29 is 17.5 Å². The first-order valence-electron chi connectivity index (χ1n) is 8.23. The summed E-state index contributed by atoms with van der Waals surface area (Å²) in [4.78, 5) is 4.06. The van der Waals surface area contributed by atoms with Gasteiger partial charge >= 0.3 is 0 Å². The van der Waals surface area contributed by atoms with Crippen LogP contribution < -0.4 is 9.04 Å². The van der Waals surface area contributed by atoms with Crippen LogP contribution in [0.3, 0.4) is 0 Å². The van der Waals surface area contributed by atoms with Gasteiger partial charge in [0.05, 0.1) is 19.3 Å². The van der Waals surface area contributed by atoms with Gasteiger partial charge in [0.2, 0.25) is 0 Å². The summed E-state index contributed by atoms with van der Waals surface area (Å²) < 4.78 is 47.2. The number of aromatic nitrogens is 1. The van der Waals surface area contributed by atoms with Gasteiger partial charge in [0.1, 0.15) is 16.5 Å². The van der Waals surface area contributed by atoms with Gasteiger partial charge in [0.25, 0.3) is 10.0 Å². The molecule has 0 amide bonds. The number of sulfonamides is 1. The maximum absolute atomic E-state index is 13.8. The molecule has 27 heavy (non-hydrogen) atoms. The summed E-state index contributed by atoms with van der Waals surface area (Å²) in [6, 6.07) is 13.9. The average Bonchev–Trinajstić information content (AvgIpc) is 2.66. The first kappa shape index (κ1) is 18.8. The van der Waals surface area contributed by atoms with Crippen LogP contribution in [0.15, 0.2) is 71.9 Å². The predicted octanol–water partition coefficient (Wildman–Crippen LogP) is 3.93. The molecular formula is C20H19FN2O3S. The molecule has 0 unspecified atom stereocenters. The van der Waals surface area contributed by atoms with Crippen LogP contribution in [0.1, 0.15) is 11.1 Å². The van der Waals surface area contributed by atoms with E-state index in [2.05, 4.69) is 4.98 Å². The molecule has 0 saturated carbocycles. The number of methoxy groups -OCH3 is 1. The topological polar surface area (TPSA) is 59.5 Å². The number of rotatable bonds is 6. The molecule has 1 aromatic heterocycles. The van der Waals surface area contributed by atoms with E-state index in [4.69, 9.17) is 4.74 Å². The van der Waals surface area contributed by atoms with Gasteiger partial charge in [-0.2, -0.15) is 0 Å². The Morgan fingerprint density at radius 2 is 1.93 bits per heavy atom. The Bertz CT molecular complexity index is 1040. The van der Waals surface area contributed by atoms with Crippen molar-refractivity contribution in [3.05, 3.63) is 83.9 Å². The van der Waals surface area contributed by atoms with Crippen molar-refractivity contribution in [2.24, 2.45) is 0 Å². The lowest BCUT2D eigenvalue weighted by molar-refractivity contribution is 0.402.